The Kier molecular flexibility index (Phi) is 5.14. The number of nitrogens with zero attached hydrogens (tertiary/aromatic N) is 2. The molecule has 8 heteroatoms. The predicted molar refractivity (Wildman–Crippen MR) is 124 cm³/mol. The SMILES string of the molecule is COc1ccccc1Oc1ccc(NC(=O)c2sc3nc4n(c(=O)c3c2C)CCC4)cc1. The smallest absolute Gasteiger partial charge is 0.266 e. The molecule has 0 aliphatic carbocycles. The second-order valence-electron chi connectivity index (χ2n) is 7.56. The molecule has 2 aromatic carbocycles. The molecule has 32 heavy (non-hydrogen) atoms. The van der Waals surface area contributed by atoms with E-state index in [1.807, 2.05) is 31.2 Å². The third-order valence-corrected chi connectivity index (χ3v) is 6.71. The highest BCUT2D eigenvalue weighted by atomic mass is 32.1. The van der Waals surface area contributed by atoms with Gasteiger partial charge in [0, 0.05) is 18.7 Å². The van der Waals surface area contributed by atoms with Crippen LogP contribution in [0.4, 0.5) is 5.69 Å². The average molecular weight is 448 g/mol. The van der Waals surface area contributed by atoms with Crippen molar-refractivity contribution < 1.29 is 14.3 Å². The number of carbonyl (C=O) groups is 1. The summed E-state index contributed by atoms with van der Waals surface area (Å²) in [5, 5.41) is 3.45. The fourth-order valence-corrected chi connectivity index (χ4v) is 5.00. The molecular weight excluding hydrogens is 426 g/mol. The number of ether oxygens (including phenoxy) is 2. The van der Waals surface area contributed by atoms with E-state index in [0.717, 1.165) is 18.7 Å². The van der Waals surface area contributed by atoms with E-state index in [0.29, 0.717) is 50.1 Å². The van der Waals surface area contributed by atoms with Gasteiger partial charge >= 0.3 is 0 Å². The first-order valence-corrected chi connectivity index (χ1v) is 11.1. The van der Waals surface area contributed by atoms with Gasteiger partial charge in [0.15, 0.2) is 11.5 Å². The molecule has 2 aromatic heterocycles. The molecule has 1 aliphatic heterocycles. The van der Waals surface area contributed by atoms with Crippen molar-refractivity contribution >= 4 is 33.1 Å². The normalized spacial score (nSPS) is 12.6. The van der Waals surface area contributed by atoms with E-state index in [1.54, 1.807) is 35.9 Å². The van der Waals surface area contributed by atoms with Crippen molar-refractivity contribution in [2.24, 2.45) is 0 Å². The Hall–Kier alpha value is -3.65. The highest BCUT2D eigenvalue weighted by Crippen LogP contribution is 2.32. The molecule has 7 nitrogen and oxygen atoms in total. The number of fused-ring (bicyclic) bond motifs is 2. The van der Waals surface area contributed by atoms with Crippen molar-refractivity contribution in [1.29, 1.82) is 0 Å². The number of hydrogen-bond acceptors (Lipinski definition) is 6. The monoisotopic (exact) mass is 447 g/mol. The second kappa shape index (κ2) is 8.12. The summed E-state index contributed by atoms with van der Waals surface area (Å²) in [6.45, 7) is 2.50. The predicted octanol–water partition coefficient (Wildman–Crippen LogP) is 4.77. The van der Waals surface area contributed by atoms with Crippen LogP contribution < -0.4 is 20.3 Å². The van der Waals surface area contributed by atoms with Crippen LogP contribution in [-0.2, 0) is 13.0 Å². The summed E-state index contributed by atoms with van der Waals surface area (Å²) >= 11 is 1.27. The van der Waals surface area contributed by atoms with E-state index < -0.39 is 0 Å². The maximum atomic E-state index is 12.9. The van der Waals surface area contributed by atoms with E-state index in [-0.39, 0.29) is 11.5 Å². The van der Waals surface area contributed by atoms with Crippen molar-refractivity contribution in [3.8, 4) is 17.2 Å². The molecule has 0 radical (unpaired) electrons. The van der Waals surface area contributed by atoms with Crippen LogP contribution in [0.1, 0.15) is 27.5 Å². The van der Waals surface area contributed by atoms with Gasteiger partial charge in [0.05, 0.1) is 17.4 Å². The van der Waals surface area contributed by atoms with E-state index in [2.05, 4.69) is 10.3 Å². The minimum absolute atomic E-state index is 0.0480. The zero-order valence-corrected chi connectivity index (χ0v) is 18.5. The van der Waals surface area contributed by atoms with Crippen LogP contribution in [-0.4, -0.2) is 22.6 Å². The van der Waals surface area contributed by atoms with Crippen LogP contribution in [0.15, 0.2) is 53.3 Å². The number of thiophene rings is 1. The second-order valence-corrected chi connectivity index (χ2v) is 8.56. The van der Waals surface area contributed by atoms with Crippen LogP contribution >= 0.6 is 11.3 Å². The fourth-order valence-electron chi connectivity index (χ4n) is 3.92. The number of hydrogen-bond donors (Lipinski definition) is 1. The Bertz CT molecular complexity index is 1390. The lowest BCUT2D eigenvalue weighted by Gasteiger charge is -2.10. The molecule has 0 saturated carbocycles. The van der Waals surface area contributed by atoms with Crippen molar-refractivity contribution in [1.82, 2.24) is 9.55 Å². The van der Waals surface area contributed by atoms with Crippen LogP contribution in [0.25, 0.3) is 10.2 Å². The van der Waals surface area contributed by atoms with Gasteiger partial charge in [-0.3, -0.25) is 14.2 Å². The molecular formula is C24H21N3O4S. The van der Waals surface area contributed by atoms with Gasteiger partial charge in [-0.25, -0.2) is 4.98 Å². The molecule has 0 bridgehead atoms. The number of aromatic nitrogens is 2. The highest BCUT2D eigenvalue weighted by molar-refractivity contribution is 7.20. The third kappa shape index (κ3) is 3.52. The Morgan fingerprint density at radius 1 is 1.12 bits per heavy atom. The highest BCUT2D eigenvalue weighted by Gasteiger charge is 2.23. The summed E-state index contributed by atoms with van der Waals surface area (Å²) in [4.78, 5) is 31.5. The molecule has 0 fully saturated rings. The van der Waals surface area contributed by atoms with Gasteiger partial charge in [0.1, 0.15) is 16.4 Å². The standard InChI is InChI=1S/C24H21N3O4S/c1-14-20-23(26-19-8-5-13-27(19)24(20)29)32-21(14)22(28)25-15-9-11-16(12-10-15)31-18-7-4-3-6-17(18)30-2/h3-4,6-7,9-12H,5,8,13H2,1-2H3,(H,25,28). The number of anilines is 1. The fraction of sp³-hybridized carbons (Fsp3) is 0.208. The Labute approximate surface area is 188 Å². The van der Waals surface area contributed by atoms with E-state index in [1.165, 1.54) is 11.3 Å². The minimum Gasteiger partial charge on any atom is -0.493 e. The zero-order chi connectivity index (χ0) is 22.2. The van der Waals surface area contributed by atoms with Gasteiger partial charge in [0.2, 0.25) is 0 Å². The van der Waals surface area contributed by atoms with Crippen molar-refractivity contribution in [3.05, 3.63) is 75.1 Å². The first kappa shape index (κ1) is 20.3. The summed E-state index contributed by atoms with van der Waals surface area (Å²) in [7, 11) is 1.59. The number of amides is 1. The van der Waals surface area contributed by atoms with E-state index in [9.17, 15) is 9.59 Å². The van der Waals surface area contributed by atoms with E-state index in [4.69, 9.17) is 9.47 Å². The van der Waals surface area contributed by atoms with Crippen LogP contribution in [0.2, 0.25) is 0 Å². The molecule has 0 spiro atoms. The summed E-state index contributed by atoms with van der Waals surface area (Å²) in [6.07, 6.45) is 1.73. The Morgan fingerprint density at radius 3 is 2.62 bits per heavy atom. The number of carbonyl (C=O) groups excluding carboxylic acids is 1. The van der Waals surface area contributed by atoms with Gasteiger partial charge in [-0.2, -0.15) is 0 Å². The molecule has 1 N–H and O–H groups in total. The van der Waals surface area contributed by atoms with Gasteiger partial charge in [-0.1, -0.05) is 12.1 Å². The van der Waals surface area contributed by atoms with Crippen LogP contribution in [0.5, 0.6) is 17.2 Å². The van der Waals surface area contributed by atoms with E-state index >= 15 is 0 Å². The molecule has 1 amide bonds. The summed E-state index contributed by atoms with van der Waals surface area (Å²) < 4.78 is 12.9. The molecule has 5 rings (SSSR count). The lowest BCUT2D eigenvalue weighted by Crippen LogP contribution is -2.20. The lowest BCUT2D eigenvalue weighted by atomic mass is 10.2. The molecule has 4 aromatic rings. The van der Waals surface area contributed by atoms with Crippen LogP contribution in [0.3, 0.4) is 0 Å². The van der Waals surface area contributed by atoms with Gasteiger partial charge < -0.3 is 14.8 Å². The maximum absolute atomic E-state index is 12.9. The van der Waals surface area contributed by atoms with Crippen molar-refractivity contribution in [2.45, 2.75) is 26.3 Å². The maximum Gasteiger partial charge on any atom is 0.266 e. The molecule has 3 heterocycles. The molecule has 1 aliphatic rings. The topological polar surface area (TPSA) is 82.4 Å². The van der Waals surface area contributed by atoms with Crippen molar-refractivity contribution in [3.63, 3.8) is 0 Å². The zero-order valence-electron chi connectivity index (χ0n) is 17.7. The molecule has 162 valence electrons. The number of nitrogens with one attached hydrogen (secondary N) is 1. The van der Waals surface area contributed by atoms with Gasteiger partial charge in [0.25, 0.3) is 11.5 Å². The number of benzene rings is 2. The lowest BCUT2D eigenvalue weighted by molar-refractivity contribution is 0.103. The first-order valence-electron chi connectivity index (χ1n) is 10.3. The summed E-state index contributed by atoms with van der Waals surface area (Å²) in [6, 6.07) is 14.5. The number of rotatable bonds is 5. The Balaban J connectivity index is 1.36. The first-order chi connectivity index (χ1) is 15.5. The third-order valence-electron chi connectivity index (χ3n) is 5.53. The Morgan fingerprint density at radius 2 is 1.88 bits per heavy atom. The average Bonchev–Trinajstić information content (AvgIpc) is 3.40. The van der Waals surface area contributed by atoms with Crippen LogP contribution in [0, 0.1) is 6.92 Å². The van der Waals surface area contributed by atoms with Crippen molar-refractivity contribution in [2.75, 3.05) is 12.4 Å². The number of aryl methyl sites for hydroxylation is 2. The molecule has 0 atom stereocenters. The van der Waals surface area contributed by atoms with Gasteiger partial charge in [-0.15, -0.1) is 11.3 Å². The molecule has 0 saturated heterocycles. The minimum atomic E-state index is -0.256. The largest absolute Gasteiger partial charge is 0.493 e. The molecule has 0 unspecified atom stereocenters. The quantitative estimate of drug-likeness (QED) is 0.477. The number of para-hydroxylation sites is 2. The summed E-state index contributed by atoms with van der Waals surface area (Å²) in [5.74, 6) is 2.42. The number of methoxy groups -OCH3 is 1. The summed E-state index contributed by atoms with van der Waals surface area (Å²) in [5.41, 5.74) is 1.26. The van der Waals surface area contributed by atoms with Gasteiger partial charge in [-0.05, 0) is 55.3 Å².